The van der Waals surface area contributed by atoms with Crippen LogP contribution in [0.1, 0.15) is 5.56 Å². The highest BCUT2D eigenvalue weighted by Gasteiger charge is 2.23. The van der Waals surface area contributed by atoms with Gasteiger partial charge in [0.05, 0.1) is 19.9 Å². The van der Waals surface area contributed by atoms with Crippen LogP contribution in [0, 0.1) is 6.92 Å². The summed E-state index contributed by atoms with van der Waals surface area (Å²) in [6.07, 6.45) is 0. The quantitative estimate of drug-likeness (QED) is 0.596. The minimum Gasteiger partial charge on any atom is -0.497 e. The lowest BCUT2D eigenvalue weighted by molar-refractivity contribution is 0.208. The van der Waals surface area contributed by atoms with E-state index in [2.05, 4.69) is 20.4 Å². The number of nitrogens with one attached hydrogen (secondary N) is 1. The first kappa shape index (κ1) is 22.7. The molecule has 2 amide bonds. The van der Waals surface area contributed by atoms with Gasteiger partial charge >= 0.3 is 6.03 Å². The van der Waals surface area contributed by atoms with E-state index in [0.29, 0.717) is 42.6 Å². The van der Waals surface area contributed by atoms with Gasteiger partial charge in [-0.05, 0) is 55.0 Å². The van der Waals surface area contributed by atoms with Gasteiger partial charge in [0.25, 0.3) is 0 Å². The molecule has 0 atom stereocenters. The summed E-state index contributed by atoms with van der Waals surface area (Å²) in [4.78, 5) is 16.6. The number of carbonyl (C=O) groups excluding carboxylic acids is 1. The van der Waals surface area contributed by atoms with E-state index >= 15 is 0 Å². The number of hydrogen-bond acceptors (Lipinski definition) is 6. The number of anilines is 2. The number of amides is 2. The van der Waals surface area contributed by atoms with Crippen LogP contribution in [0.15, 0.2) is 48.5 Å². The zero-order valence-electron chi connectivity index (χ0n) is 18.8. The zero-order chi connectivity index (χ0) is 23.4. The van der Waals surface area contributed by atoms with Gasteiger partial charge in [0.15, 0.2) is 5.82 Å². The Kier molecular flexibility index (Phi) is 6.84. The van der Waals surface area contributed by atoms with Crippen molar-refractivity contribution in [2.24, 2.45) is 0 Å². The van der Waals surface area contributed by atoms with Crippen LogP contribution < -0.4 is 19.7 Å². The Bertz CT molecular complexity index is 1130. The maximum absolute atomic E-state index is 12.7. The van der Waals surface area contributed by atoms with Gasteiger partial charge in [-0.2, -0.15) is 0 Å². The Hall–Kier alpha value is -3.52. The fourth-order valence-corrected chi connectivity index (χ4v) is 3.90. The first-order valence-electron chi connectivity index (χ1n) is 10.6. The average Bonchev–Trinajstić information content (AvgIpc) is 2.86. The third-order valence-electron chi connectivity index (χ3n) is 5.73. The molecule has 1 aliphatic heterocycles. The highest BCUT2D eigenvalue weighted by molar-refractivity contribution is 6.31. The number of ether oxygens (including phenoxy) is 2. The lowest BCUT2D eigenvalue weighted by Gasteiger charge is -2.35. The van der Waals surface area contributed by atoms with Gasteiger partial charge < -0.3 is 24.6 Å². The molecule has 9 heteroatoms. The predicted octanol–water partition coefficient (Wildman–Crippen LogP) is 4.48. The minimum absolute atomic E-state index is 0.133. The number of methoxy groups -OCH3 is 2. The number of carbonyl (C=O) groups is 1. The van der Waals surface area contributed by atoms with E-state index in [1.165, 1.54) is 0 Å². The van der Waals surface area contributed by atoms with Crippen LogP contribution in [0.4, 0.5) is 16.3 Å². The van der Waals surface area contributed by atoms with E-state index in [0.717, 1.165) is 28.4 Å². The molecule has 0 radical (unpaired) electrons. The number of urea groups is 1. The highest BCUT2D eigenvalue weighted by atomic mass is 35.5. The molecule has 0 spiro atoms. The van der Waals surface area contributed by atoms with E-state index in [4.69, 9.17) is 21.1 Å². The summed E-state index contributed by atoms with van der Waals surface area (Å²) >= 11 is 6.15. The van der Waals surface area contributed by atoms with Crippen molar-refractivity contribution in [3.8, 4) is 22.8 Å². The van der Waals surface area contributed by atoms with Gasteiger partial charge in [-0.3, -0.25) is 0 Å². The van der Waals surface area contributed by atoms with Gasteiger partial charge in [0, 0.05) is 42.5 Å². The minimum atomic E-state index is -0.133. The van der Waals surface area contributed by atoms with E-state index < -0.39 is 0 Å². The number of piperazine rings is 1. The molecule has 0 saturated carbocycles. The number of nitrogens with zero attached hydrogens (tertiary/aromatic N) is 4. The van der Waals surface area contributed by atoms with Crippen molar-refractivity contribution < 1.29 is 14.3 Å². The molecule has 2 aromatic carbocycles. The van der Waals surface area contributed by atoms with Crippen molar-refractivity contribution in [2.45, 2.75) is 6.92 Å². The standard InChI is InChI=1S/C24H26ClN5O3/c1-16-19(25)5-4-6-20(16)26-24(31)30-13-11-29(12-14-30)23-10-8-21(27-28-23)18-15-17(32-2)7-9-22(18)33-3/h4-10,15H,11-14H2,1-3H3,(H,26,31). The first-order valence-corrected chi connectivity index (χ1v) is 11.0. The summed E-state index contributed by atoms with van der Waals surface area (Å²) in [6, 6.07) is 14.8. The molecule has 0 aliphatic carbocycles. The first-order chi connectivity index (χ1) is 16.0. The second-order valence-corrected chi connectivity index (χ2v) is 8.07. The molecular formula is C24H26ClN5O3. The van der Waals surface area contributed by atoms with Crippen molar-refractivity contribution >= 4 is 29.1 Å². The van der Waals surface area contributed by atoms with E-state index in [9.17, 15) is 4.79 Å². The van der Waals surface area contributed by atoms with Gasteiger partial charge in [-0.25, -0.2) is 4.79 Å². The van der Waals surface area contributed by atoms with Crippen LogP contribution in [0.2, 0.25) is 5.02 Å². The molecule has 1 N–H and O–H groups in total. The Morgan fingerprint density at radius 1 is 1.00 bits per heavy atom. The molecule has 1 aliphatic rings. The SMILES string of the molecule is COc1ccc(OC)c(-c2ccc(N3CCN(C(=O)Nc4cccc(Cl)c4C)CC3)nn2)c1. The van der Waals surface area contributed by atoms with Crippen molar-refractivity contribution in [1.29, 1.82) is 0 Å². The monoisotopic (exact) mass is 467 g/mol. The molecule has 3 aromatic rings. The van der Waals surface area contributed by atoms with Crippen LogP contribution >= 0.6 is 11.6 Å². The summed E-state index contributed by atoms with van der Waals surface area (Å²) in [5.41, 5.74) is 3.09. The third kappa shape index (κ3) is 4.96. The maximum atomic E-state index is 12.7. The molecule has 1 saturated heterocycles. The molecule has 33 heavy (non-hydrogen) atoms. The molecule has 8 nitrogen and oxygen atoms in total. The molecular weight excluding hydrogens is 442 g/mol. The van der Waals surface area contributed by atoms with Crippen LogP contribution in [0.5, 0.6) is 11.5 Å². The lowest BCUT2D eigenvalue weighted by Crippen LogP contribution is -2.50. The van der Waals surface area contributed by atoms with E-state index in [1.807, 2.05) is 55.5 Å². The van der Waals surface area contributed by atoms with Crippen LogP contribution in [-0.4, -0.2) is 61.5 Å². The molecule has 172 valence electrons. The Balaban J connectivity index is 1.39. The van der Waals surface area contributed by atoms with Gasteiger partial charge in [-0.15, -0.1) is 10.2 Å². The lowest BCUT2D eigenvalue weighted by atomic mass is 10.1. The van der Waals surface area contributed by atoms with E-state index in [1.54, 1.807) is 19.1 Å². The number of aromatic nitrogens is 2. The third-order valence-corrected chi connectivity index (χ3v) is 6.14. The van der Waals surface area contributed by atoms with Gasteiger partial charge in [0.1, 0.15) is 11.5 Å². The fourth-order valence-electron chi connectivity index (χ4n) is 3.73. The van der Waals surface area contributed by atoms with Crippen LogP contribution in [0.25, 0.3) is 11.3 Å². The van der Waals surface area contributed by atoms with Crippen molar-refractivity contribution in [3.63, 3.8) is 0 Å². The van der Waals surface area contributed by atoms with E-state index in [-0.39, 0.29) is 6.03 Å². The molecule has 1 aromatic heterocycles. The molecule has 0 bridgehead atoms. The van der Waals surface area contributed by atoms with Crippen molar-refractivity contribution in [2.75, 3.05) is 50.6 Å². The van der Waals surface area contributed by atoms with Crippen LogP contribution in [0.3, 0.4) is 0 Å². The summed E-state index contributed by atoms with van der Waals surface area (Å²) < 4.78 is 10.8. The average molecular weight is 468 g/mol. The Labute approximate surface area is 198 Å². The number of hydrogen-bond donors (Lipinski definition) is 1. The van der Waals surface area contributed by atoms with Gasteiger partial charge in [0.2, 0.25) is 0 Å². The summed E-state index contributed by atoms with van der Waals surface area (Å²) in [7, 11) is 3.24. The fraction of sp³-hybridized carbons (Fsp3) is 0.292. The smallest absolute Gasteiger partial charge is 0.321 e. The van der Waals surface area contributed by atoms with Crippen molar-refractivity contribution in [3.05, 3.63) is 59.1 Å². The molecule has 2 heterocycles. The number of benzene rings is 2. The normalized spacial score (nSPS) is 13.6. The molecule has 4 rings (SSSR count). The number of halogens is 1. The summed E-state index contributed by atoms with van der Waals surface area (Å²) in [6.45, 7) is 4.38. The largest absolute Gasteiger partial charge is 0.497 e. The maximum Gasteiger partial charge on any atom is 0.321 e. The Morgan fingerprint density at radius 2 is 1.79 bits per heavy atom. The van der Waals surface area contributed by atoms with Gasteiger partial charge in [-0.1, -0.05) is 17.7 Å². The highest BCUT2D eigenvalue weighted by Crippen LogP contribution is 2.32. The van der Waals surface area contributed by atoms with Crippen LogP contribution in [-0.2, 0) is 0 Å². The Morgan fingerprint density at radius 3 is 2.45 bits per heavy atom. The summed E-state index contributed by atoms with van der Waals surface area (Å²) in [5.74, 6) is 2.19. The zero-order valence-corrected chi connectivity index (χ0v) is 19.6. The second kappa shape index (κ2) is 9.95. The number of rotatable bonds is 5. The topological polar surface area (TPSA) is 79.8 Å². The summed E-state index contributed by atoms with van der Waals surface area (Å²) in [5, 5.41) is 12.4. The predicted molar refractivity (Wildman–Crippen MR) is 130 cm³/mol. The molecule has 0 unspecified atom stereocenters. The molecule has 1 fully saturated rings. The van der Waals surface area contributed by atoms with Crippen molar-refractivity contribution in [1.82, 2.24) is 15.1 Å². The second-order valence-electron chi connectivity index (χ2n) is 7.66.